The van der Waals surface area contributed by atoms with Gasteiger partial charge in [0.25, 0.3) is 0 Å². The van der Waals surface area contributed by atoms with E-state index < -0.39 is 6.29 Å². The van der Waals surface area contributed by atoms with Crippen LogP contribution in [0.3, 0.4) is 0 Å². The molecule has 3 saturated heterocycles. The summed E-state index contributed by atoms with van der Waals surface area (Å²) < 4.78 is 6.18. The van der Waals surface area contributed by atoms with Gasteiger partial charge in [-0.1, -0.05) is 19.3 Å². The lowest BCUT2D eigenvalue weighted by molar-refractivity contribution is -0.273. The normalized spacial score (nSPS) is 45.5. The molecule has 3 heterocycles. The molecule has 0 aromatic carbocycles. The highest BCUT2D eigenvalue weighted by molar-refractivity contribution is 5.09. The van der Waals surface area contributed by atoms with Crippen LogP contribution in [0, 0.1) is 17.3 Å². The van der Waals surface area contributed by atoms with Crippen LogP contribution < -0.4 is 0 Å². The Kier molecular flexibility index (Phi) is 5.19. The molecule has 0 unspecified atom stereocenters. The molecule has 3 aliphatic heterocycles. The van der Waals surface area contributed by atoms with Crippen molar-refractivity contribution in [1.29, 1.82) is 0 Å². The largest absolute Gasteiger partial charge is 0.396 e. The standard InChI is InChI=1S/C20H35NO3/c22-13-3-1-2-6-15-7-5-12-21-14-20-10-4-8-16(18(15)21)19(20)24-17(23)9-11-20/h15-19,22-23H,1-14H2/t15-,16+,17-,18-,19+,20+/m0/s1. The number of fused-ring (bicyclic) bond motifs is 2. The van der Waals surface area contributed by atoms with E-state index in [1.165, 1.54) is 58.0 Å². The topological polar surface area (TPSA) is 52.9 Å². The van der Waals surface area contributed by atoms with Gasteiger partial charge >= 0.3 is 0 Å². The first-order valence-electron chi connectivity index (χ1n) is 10.4. The molecule has 0 aromatic rings. The van der Waals surface area contributed by atoms with Crippen molar-refractivity contribution < 1.29 is 14.9 Å². The second kappa shape index (κ2) is 7.22. The van der Waals surface area contributed by atoms with Crippen molar-refractivity contribution >= 4 is 0 Å². The van der Waals surface area contributed by atoms with E-state index in [-0.39, 0.29) is 0 Å². The van der Waals surface area contributed by atoms with E-state index in [9.17, 15) is 5.11 Å². The number of unbranched alkanes of at least 4 members (excludes halogenated alkanes) is 2. The maximum absolute atomic E-state index is 10.1. The van der Waals surface area contributed by atoms with Gasteiger partial charge in [-0.25, -0.2) is 0 Å². The van der Waals surface area contributed by atoms with E-state index in [1.807, 2.05) is 0 Å². The van der Waals surface area contributed by atoms with E-state index in [4.69, 9.17) is 9.84 Å². The van der Waals surface area contributed by atoms with Crippen molar-refractivity contribution in [1.82, 2.24) is 4.90 Å². The molecule has 0 radical (unpaired) electrons. The third-order valence-corrected chi connectivity index (χ3v) is 7.51. The summed E-state index contributed by atoms with van der Waals surface area (Å²) in [5, 5.41) is 19.1. The lowest BCUT2D eigenvalue weighted by atomic mass is 9.56. The SMILES string of the molecule is OCCCCC[C@H]1CCCN2C[C@]34CCC[C@H]([C@H]12)[C@H]3O[C@H](O)CC4. The van der Waals surface area contributed by atoms with Crippen LogP contribution in [0.4, 0.5) is 0 Å². The van der Waals surface area contributed by atoms with E-state index in [1.54, 1.807) is 0 Å². The minimum Gasteiger partial charge on any atom is -0.396 e. The van der Waals surface area contributed by atoms with Gasteiger partial charge in [-0.3, -0.25) is 4.90 Å². The lowest BCUT2D eigenvalue weighted by Gasteiger charge is -2.63. The van der Waals surface area contributed by atoms with Crippen LogP contribution in [0.15, 0.2) is 0 Å². The quantitative estimate of drug-likeness (QED) is 0.758. The van der Waals surface area contributed by atoms with Crippen LogP contribution in [0.25, 0.3) is 0 Å². The summed E-state index contributed by atoms with van der Waals surface area (Å²) >= 11 is 0. The minimum absolute atomic E-state index is 0.300. The van der Waals surface area contributed by atoms with Crippen LogP contribution in [0.2, 0.25) is 0 Å². The summed E-state index contributed by atoms with van der Waals surface area (Å²) in [5.41, 5.74) is 0.331. The Morgan fingerprint density at radius 3 is 2.83 bits per heavy atom. The van der Waals surface area contributed by atoms with Gasteiger partial charge in [-0.2, -0.15) is 0 Å². The van der Waals surface area contributed by atoms with Crippen molar-refractivity contribution in [2.24, 2.45) is 17.3 Å². The molecule has 0 aromatic heterocycles. The molecule has 0 amide bonds. The second-order valence-electron chi connectivity index (χ2n) is 8.90. The molecule has 1 saturated carbocycles. The van der Waals surface area contributed by atoms with Crippen LogP contribution in [-0.2, 0) is 4.74 Å². The highest BCUT2D eigenvalue weighted by Gasteiger charge is 2.58. The van der Waals surface area contributed by atoms with E-state index >= 15 is 0 Å². The predicted molar refractivity (Wildman–Crippen MR) is 93.5 cm³/mol. The van der Waals surface area contributed by atoms with Gasteiger partial charge in [0.1, 0.15) is 0 Å². The first-order valence-corrected chi connectivity index (χ1v) is 10.4. The first-order chi connectivity index (χ1) is 11.7. The Hall–Kier alpha value is -0.160. The zero-order valence-corrected chi connectivity index (χ0v) is 15.0. The molecule has 4 aliphatic rings. The Labute approximate surface area is 146 Å². The van der Waals surface area contributed by atoms with Gasteiger partial charge in [0.2, 0.25) is 0 Å². The van der Waals surface area contributed by atoms with Gasteiger partial charge in [0.05, 0.1) is 6.10 Å². The summed E-state index contributed by atoms with van der Waals surface area (Å²) in [5.74, 6) is 1.42. The summed E-state index contributed by atoms with van der Waals surface area (Å²) in [6, 6.07) is 0.677. The highest BCUT2D eigenvalue weighted by Crippen LogP contribution is 2.56. The molecule has 2 bridgehead atoms. The van der Waals surface area contributed by atoms with Crippen molar-refractivity contribution in [3.63, 3.8) is 0 Å². The van der Waals surface area contributed by atoms with Gasteiger partial charge in [-0.05, 0) is 63.8 Å². The lowest BCUT2D eigenvalue weighted by Crippen LogP contribution is -2.68. The fraction of sp³-hybridized carbons (Fsp3) is 1.00. The molecule has 4 heteroatoms. The molecule has 0 spiro atoms. The van der Waals surface area contributed by atoms with Gasteiger partial charge in [0.15, 0.2) is 6.29 Å². The number of rotatable bonds is 5. The summed E-state index contributed by atoms with van der Waals surface area (Å²) in [7, 11) is 0. The second-order valence-corrected chi connectivity index (χ2v) is 8.90. The fourth-order valence-corrected chi connectivity index (χ4v) is 6.59. The third kappa shape index (κ3) is 3.04. The Balaban J connectivity index is 1.50. The highest BCUT2D eigenvalue weighted by atomic mass is 16.6. The molecule has 2 N–H and O–H groups in total. The van der Waals surface area contributed by atoms with Gasteiger partial charge < -0.3 is 14.9 Å². The van der Waals surface area contributed by atoms with Crippen LogP contribution in [-0.4, -0.2) is 53.2 Å². The maximum Gasteiger partial charge on any atom is 0.154 e. The van der Waals surface area contributed by atoms with Crippen molar-refractivity contribution in [2.75, 3.05) is 19.7 Å². The average molecular weight is 338 g/mol. The van der Waals surface area contributed by atoms with E-state index in [0.29, 0.717) is 30.1 Å². The minimum atomic E-state index is -0.526. The zero-order valence-electron chi connectivity index (χ0n) is 15.0. The van der Waals surface area contributed by atoms with Crippen molar-refractivity contribution in [3.8, 4) is 0 Å². The molecular formula is C20H35NO3. The molecule has 6 atom stereocenters. The molecule has 1 aliphatic carbocycles. The van der Waals surface area contributed by atoms with Crippen molar-refractivity contribution in [2.45, 2.75) is 89.1 Å². The van der Waals surface area contributed by atoms with E-state index in [2.05, 4.69) is 4.90 Å². The fourth-order valence-electron chi connectivity index (χ4n) is 6.59. The van der Waals surface area contributed by atoms with Gasteiger partial charge in [0, 0.05) is 30.5 Å². The average Bonchev–Trinajstić information content (AvgIpc) is 2.58. The van der Waals surface area contributed by atoms with Crippen LogP contribution in [0.1, 0.15) is 70.6 Å². The maximum atomic E-state index is 10.1. The number of hydrogen-bond acceptors (Lipinski definition) is 4. The summed E-state index contributed by atoms with van der Waals surface area (Å²) in [6.07, 6.45) is 13.1. The molecule has 24 heavy (non-hydrogen) atoms. The van der Waals surface area contributed by atoms with E-state index in [0.717, 1.165) is 31.6 Å². The van der Waals surface area contributed by atoms with Crippen LogP contribution in [0.5, 0.6) is 0 Å². The van der Waals surface area contributed by atoms with Gasteiger partial charge in [-0.15, -0.1) is 0 Å². The van der Waals surface area contributed by atoms with Crippen molar-refractivity contribution in [3.05, 3.63) is 0 Å². The predicted octanol–water partition coefficient (Wildman–Crippen LogP) is 2.92. The summed E-state index contributed by atoms with van der Waals surface area (Å²) in [6.45, 7) is 2.81. The molecule has 4 nitrogen and oxygen atoms in total. The Morgan fingerprint density at radius 2 is 1.96 bits per heavy atom. The Morgan fingerprint density at radius 1 is 1.04 bits per heavy atom. The number of nitrogens with zero attached hydrogens (tertiary/aromatic N) is 1. The monoisotopic (exact) mass is 337 g/mol. The number of piperidine rings is 2. The Bertz CT molecular complexity index is 431. The van der Waals surface area contributed by atoms with Crippen LogP contribution >= 0.6 is 0 Å². The number of aliphatic hydroxyl groups excluding tert-OH is 2. The summed E-state index contributed by atoms with van der Waals surface area (Å²) in [4.78, 5) is 2.82. The number of aliphatic hydroxyl groups is 2. The first kappa shape index (κ1) is 17.3. The molecular weight excluding hydrogens is 302 g/mol. The third-order valence-electron chi connectivity index (χ3n) is 7.51. The smallest absolute Gasteiger partial charge is 0.154 e. The molecule has 4 fully saturated rings. The zero-order chi connectivity index (χ0) is 16.6. The number of hydrogen-bond donors (Lipinski definition) is 2. The molecule has 4 rings (SSSR count). The number of ether oxygens (including phenoxy) is 1. The molecule has 138 valence electrons.